The maximum absolute atomic E-state index is 13.1. The van der Waals surface area contributed by atoms with E-state index in [0.717, 1.165) is 18.2 Å². The summed E-state index contributed by atoms with van der Waals surface area (Å²) in [6.07, 6.45) is 3.68. The molecule has 3 nitrogen and oxygen atoms in total. The van der Waals surface area contributed by atoms with Crippen LogP contribution < -0.4 is 5.32 Å². The molecule has 0 aliphatic rings. The van der Waals surface area contributed by atoms with Crippen molar-refractivity contribution in [2.24, 2.45) is 5.92 Å². The van der Waals surface area contributed by atoms with Crippen molar-refractivity contribution in [3.63, 3.8) is 0 Å². The zero-order chi connectivity index (χ0) is 13.1. The molecule has 0 atom stereocenters. The van der Waals surface area contributed by atoms with E-state index in [1.54, 1.807) is 18.3 Å². The molecule has 1 heterocycles. The minimum Gasteiger partial charge on any atom is -0.326 e. The van der Waals surface area contributed by atoms with Crippen LogP contribution in [-0.2, 0) is 6.54 Å². The Morgan fingerprint density at radius 2 is 2.22 bits per heavy atom. The molecule has 0 spiro atoms. The number of aromatic nitrogens is 2. The van der Waals surface area contributed by atoms with Crippen LogP contribution in [0.3, 0.4) is 0 Å². The van der Waals surface area contributed by atoms with Gasteiger partial charge in [-0.1, -0.05) is 13.8 Å². The van der Waals surface area contributed by atoms with Crippen LogP contribution in [0.25, 0.3) is 0 Å². The fourth-order valence-electron chi connectivity index (χ4n) is 1.68. The molecule has 0 bridgehead atoms. The van der Waals surface area contributed by atoms with Crippen LogP contribution in [0, 0.1) is 11.7 Å². The summed E-state index contributed by atoms with van der Waals surface area (Å²) in [5.74, 6) is 1.04. The Morgan fingerprint density at radius 1 is 1.44 bits per heavy atom. The zero-order valence-corrected chi connectivity index (χ0v) is 11.9. The number of nitrogens with one attached hydrogen (secondary N) is 1. The molecule has 0 unspecified atom stereocenters. The van der Waals surface area contributed by atoms with E-state index >= 15 is 0 Å². The normalized spacial score (nSPS) is 10.9. The van der Waals surface area contributed by atoms with E-state index in [0.29, 0.717) is 10.4 Å². The highest BCUT2D eigenvalue weighted by atomic mass is 79.9. The van der Waals surface area contributed by atoms with Gasteiger partial charge in [-0.3, -0.25) is 0 Å². The summed E-state index contributed by atoms with van der Waals surface area (Å²) in [6, 6.07) is 4.81. The van der Waals surface area contributed by atoms with Crippen molar-refractivity contribution in [2.75, 3.05) is 5.32 Å². The zero-order valence-electron chi connectivity index (χ0n) is 10.3. The Morgan fingerprint density at radius 3 is 2.89 bits per heavy atom. The quantitative estimate of drug-likeness (QED) is 0.917. The van der Waals surface area contributed by atoms with Crippen molar-refractivity contribution >= 4 is 27.6 Å². The van der Waals surface area contributed by atoms with E-state index in [2.05, 4.69) is 40.1 Å². The van der Waals surface area contributed by atoms with E-state index in [9.17, 15) is 4.39 Å². The molecule has 0 radical (unpaired) electrons. The minimum atomic E-state index is -0.272. The Labute approximate surface area is 114 Å². The molecular weight excluding hydrogens is 297 g/mol. The molecule has 0 aliphatic heterocycles. The Kier molecular flexibility index (Phi) is 4.01. The van der Waals surface area contributed by atoms with Gasteiger partial charge < -0.3 is 9.88 Å². The van der Waals surface area contributed by atoms with Gasteiger partial charge in [0.2, 0.25) is 5.95 Å². The molecule has 0 aliphatic carbocycles. The van der Waals surface area contributed by atoms with Crippen molar-refractivity contribution in [1.82, 2.24) is 9.55 Å². The van der Waals surface area contributed by atoms with Gasteiger partial charge in [0.25, 0.3) is 0 Å². The first-order valence-electron chi connectivity index (χ1n) is 5.79. The number of rotatable bonds is 4. The van der Waals surface area contributed by atoms with Crippen molar-refractivity contribution in [3.05, 3.63) is 40.9 Å². The monoisotopic (exact) mass is 311 g/mol. The maximum Gasteiger partial charge on any atom is 0.207 e. The number of nitrogens with zero attached hydrogens (tertiary/aromatic N) is 2. The first-order chi connectivity index (χ1) is 8.56. The lowest BCUT2D eigenvalue weighted by molar-refractivity contribution is 0.527. The molecule has 18 heavy (non-hydrogen) atoms. The lowest BCUT2D eigenvalue weighted by Crippen LogP contribution is -2.07. The van der Waals surface area contributed by atoms with E-state index in [1.807, 2.05) is 10.8 Å². The highest BCUT2D eigenvalue weighted by molar-refractivity contribution is 9.10. The van der Waals surface area contributed by atoms with E-state index in [4.69, 9.17) is 0 Å². The van der Waals surface area contributed by atoms with Gasteiger partial charge in [-0.2, -0.15) is 0 Å². The van der Waals surface area contributed by atoms with Crippen LogP contribution in [0.1, 0.15) is 13.8 Å². The molecule has 0 amide bonds. The largest absolute Gasteiger partial charge is 0.326 e. The first-order valence-corrected chi connectivity index (χ1v) is 6.59. The van der Waals surface area contributed by atoms with Crippen LogP contribution in [0.2, 0.25) is 0 Å². The third-order valence-electron chi connectivity index (χ3n) is 2.45. The van der Waals surface area contributed by atoms with E-state index < -0.39 is 0 Å². The summed E-state index contributed by atoms with van der Waals surface area (Å²) in [4.78, 5) is 4.26. The lowest BCUT2D eigenvalue weighted by atomic mass is 10.2. The van der Waals surface area contributed by atoms with Gasteiger partial charge in [0, 0.05) is 24.6 Å². The van der Waals surface area contributed by atoms with E-state index in [-0.39, 0.29) is 5.82 Å². The third kappa shape index (κ3) is 3.10. The smallest absolute Gasteiger partial charge is 0.207 e. The molecule has 0 fully saturated rings. The second-order valence-electron chi connectivity index (χ2n) is 4.55. The molecule has 5 heteroatoms. The van der Waals surface area contributed by atoms with Gasteiger partial charge >= 0.3 is 0 Å². The van der Waals surface area contributed by atoms with Gasteiger partial charge in [0.1, 0.15) is 5.82 Å². The number of halogens is 2. The lowest BCUT2D eigenvalue weighted by Gasteiger charge is -2.12. The van der Waals surface area contributed by atoms with E-state index in [1.165, 1.54) is 6.07 Å². The summed E-state index contributed by atoms with van der Waals surface area (Å²) in [7, 11) is 0. The summed E-state index contributed by atoms with van der Waals surface area (Å²) in [5.41, 5.74) is 0.805. The van der Waals surface area contributed by atoms with Crippen LogP contribution in [-0.4, -0.2) is 9.55 Å². The van der Waals surface area contributed by atoms with Crippen LogP contribution >= 0.6 is 15.9 Å². The molecule has 2 rings (SSSR count). The second kappa shape index (κ2) is 5.52. The van der Waals surface area contributed by atoms with Gasteiger partial charge in [-0.25, -0.2) is 9.37 Å². The number of hydrogen-bond donors (Lipinski definition) is 1. The van der Waals surface area contributed by atoms with Crippen molar-refractivity contribution in [3.8, 4) is 0 Å². The molecule has 0 saturated carbocycles. The average Bonchev–Trinajstić information content (AvgIpc) is 2.70. The first kappa shape index (κ1) is 13.1. The molecule has 0 saturated heterocycles. The number of anilines is 2. The van der Waals surface area contributed by atoms with Crippen LogP contribution in [0.15, 0.2) is 35.1 Å². The number of hydrogen-bond acceptors (Lipinski definition) is 2. The van der Waals surface area contributed by atoms with Gasteiger partial charge in [-0.15, -0.1) is 0 Å². The molecule has 1 N–H and O–H groups in total. The van der Waals surface area contributed by atoms with Gasteiger partial charge in [0.15, 0.2) is 0 Å². The molecule has 2 aromatic rings. The standard InChI is InChI=1S/C13H15BrFN3/c1-9(2)8-18-6-5-16-13(18)17-10-3-4-12(15)11(14)7-10/h3-7,9H,8H2,1-2H3,(H,16,17). The molecule has 1 aromatic heterocycles. The van der Waals surface area contributed by atoms with Crippen LogP contribution in [0.5, 0.6) is 0 Å². The van der Waals surface area contributed by atoms with Gasteiger partial charge in [-0.05, 0) is 40.0 Å². The second-order valence-corrected chi connectivity index (χ2v) is 5.41. The number of benzene rings is 1. The average molecular weight is 312 g/mol. The van der Waals surface area contributed by atoms with Crippen LogP contribution in [0.4, 0.5) is 16.0 Å². The summed E-state index contributed by atoms with van der Waals surface area (Å²) >= 11 is 3.17. The summed E-state index contributed by atoms with van der Waals surface area (Å²) < 4.78 is 15.6. The topological polar surface area (TPSA) is 29.9 Å². The molecule has 1 aromatic carbocycles. The highest BCUT2D eigenvalue weighted by Crippen LogP contribution is 2.22. The minimum absolute atomic E-state index is 0.272. The predicted octanol–water partition coefficient (Wildman–Crippen LogP) is 4.18. The highest BCUT2D eigenvalue weighted by Gasteiger charge is 2.06. The van der Waals surface area contributed by atoms with Crippen molar-refractivity contribution < 1.29 is 4.39 Å². The predicted molar refractivity (Wildman–Crippen MR) is 74.4 cm³/mol. The summed E-state index contributed by atoms with van der Waals surface area (Å²) in [6.45, 7) is 5.20. The number of imidazole rings is 1. The Bertz CT molecular complexity index is 537. The SMILES string of the molecule is CC(C)Cn1ccnc1Nc1ccc(F)c(Br)c1. The molecular formula is C13H15BrFN3. The maximum atomic E-state index is 13.1. The fraction of sp³-hybridized carbons (Fsp3) is 0.308. The van der Waals surface area contributed by atoms with Crippen molar-refractivity contribution in [2.45, 2.75) is 20.4 Å². The van der Waals surface area contributed by atoms with Crippen molar-refractivity contribution in [1.29, 1.82) is 0 Å². The Hall–Kier alpha value is -1.36. The van der Waals surface area contributed by atoms with Gasteiger partial charge in [0.05, 0.1) is 4.47 Å². The summed E-state index contributed by atoms with van der Waals surface area (Å²) in [5, 5.41) is 3.18. The molecule has 96 valence electrons. The third-order valence-corrected chi connectivity index (χ3v) is 3.06. The Balaban J connectivity index is 2.18. The fourth-order valence-corrected chi connectivity index (χ4v) is 2.06.